The average Bonchev–Trinajstić information content (AvgIpc) is 2.23. The Bertz CT molecular complexity index is 361. The smallest absolute Gasteiger partial charge is 0.122 e. The molecule has 1 unspecified atom stereocenters. The number of hydrogen-bond donors (Lipinski definition) is 1. The van der Waals surface area contributed by atoms with E-state index >= 15 is 0 Å². The van der Waals surface area contributed by atoms with Gasteiger partial charge in [0.2, 0.25) is 0 Å². The Morgan fingerprint density at radius 3 is 2.31 bits per heavy atom. The van der Waals surface area contributed by atoms with Crippen LogP contribution in [0.5, 0.6) is 5.75 Å². The maximum atomic E-state index is 5.82. The molecule has 0 spiro atoms. The van der Waals surface area contributed by atoms with Crippen LogP contribution >= 0.6 is 0 Å². The maximum Gasteiger partial charge on any atom is 0.122 e. The van der Waals surface area contributed by atoms with E-state index in [0.717, 1.165) is 11.3 Å². The topological polar surface area (TPSA) is 38.5 Å². The van der Waals surface area contributed by atoms with Crippen molar-refractivity contribution in [3.63, 3.8) is 0 Å². The Kier molecular flexibility index (Phi) is 4.33. The standard InChI is InChI=1S/C13H22N2O/c1-9-7-13(16-5)10(2)6-11(9)12(8-14)15(3)4/h6-7,12H,8,14H2,1-5H3. The summed E-state index contributed by atoms with van der Waals surface area (Å²) in [7, 11) is 5.81. The Balaban J connectivity index is 3.18. The molecule has 0 saturated heterocycles. The highest BCUT2D eigenvalue weighted by Gasteiger charge is 2.16. The van der Waals surface area contributed by atoms with Gasteiger partial charge in [0.25, 0.3) is 0 Å². The van der Waals surface area contributed by atoms with E-state index in [2.05, 4.69) is 45.0 Å². The van der Waals surface area contributed by atoms with Crippen LogP contribution in [-0.2, 0) is 0 Å². The highest BCUT2D eigenvalue weighted by atomic mass is 16.5. The van der Waals surface area contributed by atoms with Crippen LogP contribution in [0.1, 0.15) is 22.7 Å². The Morgan fingerprint density at radius 1 is 1.25 bits per heavy atom. The molecule has 0 fully saturated rings. The molecular formula is C13H22N2O. The van der Waals surface area contributed by atoms with Gasteiger partial charge in [0.05, 0.1) is 7.11 Å². The second kappa shape index (κ2) is 5.32. The van der Waals surface area contributed by atoms with E-state index in [9.17, 15) is 0 Å². The molecule has 1 aromatic rings. The van der Waals surface area contributed by atoms with Gasteiger partial charge < -0.3 is 15.4 Å². The molecule has 0 heterocycles. The first-order valence-electron chi connectivity index (χ1n) is 5.52. The second-order valence-corrected chi connectivity index (χ2v) is 4.39. The average molecular weight is 222 g/mol. The van der Waals surface area contributed by atoms with Gasteiger partial charge in [-0.25, -0.2) is 0 Å². The third-order valence-corrected chi connectivity index (χ3v) is 2.99. The number of methoxy groups -OCH3 is 1. The summed E-state index contributed by atoms with van der Waals surface area (Å²) < 4.78 is 5.31. The largest absolute Gasteiger partial charge is 0.496 e. The van der Waals surface area contributed by atoms with Gasteiger partial charge in [-0.1, -0.05) is 6.07 Å². The molecule has 0 aromatic heterocycles. The van der Waals surface area contributed by atoms with Crippen LogP contribution in [0, 0.1) is 13.8 Å². The number of ether oxygens (including phenoxy) is 1. The zero-order chi connectivity index (χ0) is 12.3. The molecule has 3 nitrogen and oxygen atoms in total. The minimum Gasteiger partial charge on any atom is -0.496 e. The number of benzene rings is 1. The number of hydrogen-bond acceptors (Lipinski definition) is 3. The van der Waals surface area contributed by atoms with E-state index in [1.165, 1.54) is 11.1 Å². The highest BCUT2D eigenvalue weighted by molar-refractivity contribution is 5.43. The third kappa shape index (κ3) is 2.54. The molecule has 1 atom stereocenters. The van der Waals surface area contributed by atoms with Gasteiger partial charge in [-0.3, -0.25) is 0 Å². The fraction of sp³-hybridized carbons (Fsp3) is 0.538. The van der Waals surface area contributed by atoms with E-state index in [-0.39, 0.29) is 6.04 Å². The van der Waals surface area contributed by atoms with Crippen molar-refractivity contribution < 1.29 is 4.74 Å². The molecule has 0 saturated carbocycles. The molecule has 1 rings (SSSR count). The molecule has 0 aliphatic rings. The van der Waals surface area contributed by atoms with E-state index in [1.807, 2.05) is 0 Å². The minimum atomic E-state index is 0.268. The minimum absolute atomic E-state index is 0.268. The summed E-state index contributed by atoms with van der Waals surface area (Å²) in [6.45, 7) is 4.79. The van der Waals surface area contributed by atoms with Gasteiger partial charge in [-0.2, -0.15) is 0 Å². The number of rotatable bonds is 4. The molecule has 90 valence electrons. The molecule has 0 amide bonds. The first-order valence-corrected chi connectivity index (χ1v) is 5.52. The Labute approximate surface area is 98.2 Å². The molecule has 16 heavy (non-hydrogen) atoms. The van der Waals surface area contributed by atoms with Gasteiger partial charge in [-0.05, 0) is 50.7 Å². The molecule has 1 aromatic carbocycles. The Morgan fingerprint density at radius 2 is 1.88 bits per heavy atom. The number of aryl methyl sites for hydroxylation is 2. The van der Waals surface area contributed by atoms with Gasteiger partial charge in [0, 0.05) is 12.6 Å². The first kappa shape index (κ1) is 13.0. The molecule has 0 aliphatic carbocycles. The van der Waals surface area contributed by atoms with Crippen LogP contribution in [0.2, 0.25) is 0 Å². The summed E-state index contributed by atoms with van der Waals surface area (Å²) in [6.07, 6.45) is 0. The van der Waals surface area contributed by atoms with Crippen LogP contribution in [-0.4, -0.2) is 32.6 Å². The lowest BCUT2D eigenvalue weighted by molar-refractivity contribution is 0.304. The second-order valence-electron chi connectivity index (χ2n) is 4.39. The zero-order valence-electron chi connectivity index (χ0n) is 10.9. The number of likely N-dealkylation sites (N-methyl/N-ethyl adjacent to an activating group) is 1. The number of nitrogens with two attached hydrogens (primary N) is 1. The van der Waals surface area contributed by atoms with Gasteiger partial charge in [-0.15, -0.1) is 0 Å². The highest BCUT2D eigenvalue weighted by Crippen LogP contribution is 2.28. The molecular weight excluding hydrogens is 200 g/mol. The zero-order valence-corrected chi connectivity index (χ0v) is 10.9. The number of nitrogens with zero attached hydrogens (tertiary/aromatic N) is 1. The van der Waals surface area contributed by atoms with Crippen molar-refractivity contribution in [2.75, 3.05) is 27.7 Å². The monoisotopic (exact) mass is 222 g/mol. The first-order chi connectivity index (χ1) is 7.51. The molecule has 0 radical (unpaired) electrons. The van der Waals surface area contributed by atoms with Crippen molar-refractivity contribution in [1.29, 1.82) is 0 Å². The van der Waals surface area contributed by atoms with Crippen LogP contribution in [0.25, 0.3) is 0 Å². The lowest BCUT2D eigenvalue weighted by Gasteiger charge is -2.25. The van der Waals surface area contributed by atoms with Crippen molar-refractivity contribution in [3.8, 4) is 5.75 Å². The summed E-state index contributed by atoms with van der Waals surface area (Å²) in [6, 6.07) is 4.52. The SMILES string of the molecule is COc1cc(C)c(C(CN)N(C)C)cc1C. The van der Waals surface area contributed by atoms with Gasteiger partial charge in [0.1, 0.15) is 5.75 Å². The van der Waals surface area contributed by atoms with Crippen molar-refractivity contribution in [1.82, 2.24) is 4.90 Å². The van der Waals surface area contributed by atoms with Crippen molar-refractivity contribution >= 4 is 0 Å². The predicted octanol–water partition coefficient (Wildman–Crippen LogP) is 1.87. The van der Waals surface area contributed by atoms with E-state index in [0.29, 0.717) is 6.54 Å². The molecule has 0 bridgehead atoms. The summed E-state index contributed by atoms with van der Waals surface area (Å²) >= 11 is 0. The quantitative estimate of drug-likeness (QED) is 0.845. The van der Waals surface area contributed by atoms with Crippen molar-refractivity contribution in [2.45, 2.75) is 19.9 Å². The normalized spacial score (nSPS) is 12.9. The van der Waals surface area contributed by atoms with Crippen molar-refractivity contribution in [3.05, 3.63) is 28.8 Å². The summed E-state index contributed by atoms with van der Waals surface area (Å²) in [4.78, 5) is 2.15. The van der Waals surface area contributed by atoms with Gasteiger partial charge in [0.15, 0.2) is 0 Å². The van der Waals surface area contributed by atoms with Crippen LogP contribution < -0.4 is 10.5 Å². The lowest BCUT2D eigenvalue weighted by atomic mass is 9.97. The maximum absolute atomic E-state index is 5.82. The van der Waals surface area contributed by atoms with Crippen molar-refractivity contribution in [2.24, 2.45) is 5.73 Å². The third-order valence-electron chi connectivity index (χ3n) is 2.99. The lowest BCUT2D eigenvalue weighted by Crippen LogP contribution is -2.27. The van der Waals surface area contributed by atoms with Gasteiger partial charge >= 0.3 is 0 Å². The summed E-state index contributed by atoms with van der Waals surface area (Å²) in [5.74, 6) is 0.941. The summed E-state index contributed by atoms with van der Waals surface area (Å²) in [5.41, 5.74) is 9.49. The Hall–Kier alpha value is -1.06. The summed E-state index contributed by atoms with van der Waals surface area (Å²) in [5, 5.41) is 0. The van der Waals surface area contributed by atoms with Crippen LogP contribution in [0.3, 0.4) is 0 Å². The van der Waals surface area contributed by atoms with E-state index < -0.39 is 0 Å². The molecule has 0 aliphatic heterocycles. The van der Waals surface area contributed by atoms with E-state index in [4.69, 9.17) is 10.5 Å². The fourth-order valence-corrected chi connectivity index (χ4v) is 2.01. The predicted molar refractivity (Wildman–Crippen MR) is 68.0 cm³/mol. The van der Waals surface area contributed by atoms with Crippen LogP contribution in [0.4, 0.5) is 0 Å². The van der Waals surface area contributed by atoms with Crippen LogP contribution in [0.15, 0.2) is 12.1 Å². The molecule has 2 N–H and O–H groups in total. The molecule has 3 heteroatoms. The fourth-order valence-electron chi connectivity index (χ4n) is 2.01. The van der Waals surface area contributed by atoms with E-state index in [1.54, 1.807) is 7.11 Å².